The van der Waals surface area contributed by atoms with Gasteiger partial charge in [-0.1, -0.05) is 37.3 Å². The van der Waals surface area contributed by atoms with Crippen LogP contribution in [0.4, 0.5) is 0 Å². The highest BCUT2D eigenvalue weighted by atomic mass is 16.4. The van der Waals surface area contributed by atoms with Crippen LogP contribution in [-0.2, 0) is 13.1 Å². The van der Waals surface area contributed by atoms with Crippen LogP contribution < -0.4 is 0 Å². The van der Waals surface area contributed by atoms with Crippen molar-refractivity contribution in [1.82, 2.24) is 9.88 Å². The first-order valence-electron chi connectivity index (χ1n) is 6.63. The number of hydrogen-bond donors (Lipinski definition) is 1. The summed E-state index contributed by atoms with van der Waals surface area (Å²) in [6.07, 6.45) is 1.55. The molecule has 0 unspecified atom stereocenters. The van der Waals surface area contributed by atoms with Crippen molar-refractivity contribution in [2.75, 3.05) is 6.54 Å². The molecule has 0 bridgehead atoms. The Labute approximate surface area is 118 Å². The lowest BCUT2D eigenvalue weighted by molar-refractivity contribution is 0.0690. The second-order valence-corrected chi connectivity index (χ2v) is 4.64. The van der Waals surface area contributed by atoms with Gasteiger partial charge >= 0.3 is 5.97 Å². The first-order valence-corrected chi connectivity index (χ1v) is 6.63. The maximum atomic E-state index is 10.9. The van der Waals surface area contributed by atoms with Gasteiger partial charge in [-0.15, -0.1) is 0 Å². The van der Waals surface area contributed by atoms with Gasteiger partial charge < -0.3 is 5.11 Å². The third kappa shape index (κ3) is 3.90. The van der Waals surface area contributed by atoms with E-state index in [0.29, 0.717) is 6.54 Å². The zero-order valence-corrected chi connectivity index (χ0v) is 11.5. The van der Waals surface area contributed by atoms with Crippen molar-refractivity contribution in [2.24, 2.45) is 0 Å². The molecule has 0 aliphatic heterocycles. The number of carboxylic acid groups (broad SMARTS) is 1. The molecule has 4 nitrogen and oxygen atoms in total. The molecule has 2 aromatic rings. The molecule has 4 heteroatoms. The quantitative estimate of drug-likeness (QED) is 0.877. The largest absolute Gasteiger partial charge is 0.477 e. The number of pyridine rings is 1. The molecule has 0 spiro atoms. The fourth-order valence-electron chi connectivity index (χ4n) is 2.07. The predicted molar refractivity (Wildman–Crippen MR) is 77.4 cm³/mol. The van der Waals surface area contributed by atoms with E-state index < -0.39 is 5.97 Å². The number of aromatic carboxylic acids is 1. The average molecular weight is 270 g/mol. The number of rotatable bonds is 6. The number of benzene rings is 1. The Morgan fingerprint density at radius 1 is 1.15 bits per heavy atom. The molecule has 1 aromatic carbocycles. The van der Waals surface area contributed by atoms with Gasteiger partial charge in [0.15, 0.2) is 0 Å². The van der Waals surface area contributed by atoms with Gasteiger partial charge in [0.1, 0.15) is 5.69 Å². The molecule has 0 aliphatic rings. The number of carboxylic acids is 1. The van der Waals surface area contributed by atoms with Crippen molar-refractivity contribution < 1.29 is 9.90 Å². The van der Waals surface area contributed by atoms with Gasteiger partial charge in [-0.25, -0.2) is 9.78 Å². The van der Waals surface area contributed by atoms with Crippen molar-refractivity contribution in [3.05, 3.63) is 65.5 Å². The zero-order valence-electron chi connectivity index (χ0n) is 11.5. The molecular weight excluding hydrogens is 252 g/mol. The number of hydrogen-bond acceptors (Lipinski definition) is 3. The van der Waals surface area contributed by atoms with Crippen LogP contribution in [0.2, 0.25) is 0 Å². The summed E-state index contributed by atoms with van der Waals surface area (Å²) < 4.78 is 0. The van der Waals surface area contributed by atoms with Gasteiger partial charge in [-0.3, -0.25) is 4.90 Å². The Kier molecular flexibility index (Phi) is 4.85. The Balaban J connectivity index is 2.06. The van der Waals surface area contributed by atoms with E-state index >= 15 is 0 Å². The van der Waals surface area contributed by atoms with Gasteiger partial charge in [0.2, 0.25) is 0 Å². The highest BCUT2D eigenvalue weighted by molar-refractivity contribution is 5.85. The maximum Gasteiger partial charge on any atom is 0.354 e. The second kappa shape index (κ2) is 6.82. The first kappa shape index (κ1) is 14.2. The fourth-order valence-corrected chi connectivity index (χ4v) is 2.07. The molecule has 0 fully saturated rings. The van der Waals surface area contributed by atoms with Crippen molar-refractivity contribution in [3.8, 4) is 0 Å². The van der Waals surface area contributed by atoms with Crippen molar-refractivity contribution in [1.29, 1.82) is 0 Å². The standard InChI is InChI=1S/C16H18N2O2/c1-2-18(11-13-6-4-3-5-7-13)12-14-8-9-17-15(10-14)16(19)20/h3-10H,2,11-12H2,1H3,(H,19,20). The molecule has 0 saturated heterocycles. The minimum absolute atomic E-state index is 0.0956. The van der Waals surface area contributed by atoms with E-state index in [1.165, 1.54) is 5.56 Å². The summed E-state index contributed by atoms with van der Waals surface area (Å²) in [6, 6.07) is 13.7. The maximum absolute atomic E-state index is 10.9. The van der Waals surface area contributed by atoms with Crippen LogP contribution >= 0.6 is 0 Å². The molecule has 0 saturated carbocycles. The number of aromatic nitrogens is 1. The SMILES string of the molecule is CCN(Cc1ccccc1)Cc1ccnc(C(=O)O)c1. The molecule has 2 rings (SSSR count). The summed E-state index contributed by atoms with van der Waals surface area (Å²) in [5.74, 6) is -0.988. The van der Waals surface area contributed by atoms with E-state index in [-0.39, 0.29) is 5.69 Å². The van der Waals surface area contributed by atoms with Gasteiger partial charge in [-0.05, 0) is 29.8 Å². The third-order valence-corrected chi connectivity index (χ3v) is 3.15. The minimum Gasteiger partial charge on any atom is -0.477 e. The average Bonchev–Trinajstić information content (AvgIpc) is 2.48. The van der Waals surface area contributed by atoms with Crippen LogP contribution in [0.15, 0.2) is 48.7 Å². The van der Waals surface area contributed by atoms with Crippen LogP contribution in [0.5, 0.6) is 0 Å². The van der Waals surface area contributed by atoms with E-state index in [9.17, 15) is 4.79 Å². The molecule has 0 amide bonds. The van der Waals surface area contributed by atoms with Crippen molar-refractivity contribution >= 4 is 5.97 Å². The van der Waals surface area contributed by atoms with Gasteiger partial charge in [0.05, 0.1) is 0 Å². The van der Waals surface area contributed by atoms with E-state index in [1.807, 2.05) is 24.3 Å². The van der Waals surface area contributed by atoms with Crippen molar-refractivity contribution in [3.63, 3.8) is 0 Å². The molecule has 0 atom stereocenters. The zero-order chi connectivity index (χ0) is 14.4. The topological polar surface area (TPSA) is 53.4 Å². The van der Waals surface area contributed by atoms with Crippen LogP contribution in [0.1, 0.15) is 28.5 Å². The summed E-state index contributed by atoms with van der Waals surface area (Å²) in [5, 5.41) is 8.96. The molecule has 20 heavy (non-hydrogen) atoms. The summed E-state index contributed by atoms with van der Waals surface area (Å²) in [7, 11) is 0. The molecule has 0 radical (unpaired) electrons. The highest BCUT2D eigenvalue weighted by Gasteiger charge is 2.08. The van der Waals surface area contributed by atoms with Gasteiger partial charge in [0.25, 0.3) is 0 Å². The molecule has 1 aromatic heterocycles. The summed E-state index contributed by atoms with van der Waals surface area (Å²) in [4.78, 5) is 17.0. The number of carbonyl (C=O) groups is 1. The van der Waals surface area contributed by atoms with E-state index in [2.05, 4.69) is 28.9 Å². The lowest BCUT2D eigenvalue weighted by atomic mass is 10.1. The normalized spacial score (nSPS) is 10.7. The van der Waals surface area contributed by atoms with Gasteiger partial charge in [0, 0.05) is 19.3 Å². The smallest absolute Gasteiger partial charge is 0.354 e. The Hall–Kier alpha value is -2.20. The summed E-state index contributed by atoms with van der Waals surface area (Å²) in [5.41, 5.74) is 2.32. The second-order valence-electron chi connectivity index (χ2n) is 4.64. The minimum atomic E-state index is -0.988. The fraction of sp³-hybridized carbons (Fsp3) is 0.250. The molecule has 0 aliphatic carbocycles. The van der Waals surface area contributed by atoms with E-state index in [1.54, 1.807) is 12.3 Å². The number of nitrogens with zero attached hydrogens (tertiary/aromatic N) is 2. The summed E-state index contributed by atoms with van der Waals surface area (Å²) in [6.45, 7) is 4.57. The molecule has 104 valence electrons. The van der Waals surface area contributed by atoms with E-state index in [0.717, 1.165) is 18.7 Å². The monoisotopic (exact) mass is 270 g/mol. The Morgan fingerprint density at radius 2 is 1.85 bits per heavy atom. The highest BCUT2D eigenvalue weighted by Crippen LogP contribution is 2.10. The van der Waals surface area contributed by atoms with Crippen LogP contribution in [0, 0.1) is 0 Å². The van der Waals surface area contributed by atoms with E-state index in [4.69, 9.17) is 5.11 Å². The lowest BCUT2D eigenvalue weighted by Gasteiger charge is -2.20. The van der Waals surface area contributed by atoms with Gasteiger partial charge in [-0.2, -0.15) is 0 Å². The Morgan fingerprint density at radius 3 is 2.50 bits per heavy atom. The van der Waals surface area contributed by atoms with Crippen LogP contribution in [0.25, 0.3) is 0 Å². The molecular formula is C16H18N2O2. The molecule has 1 heterocycles. The molecule has 1 N–H and O–H groups in total. The Bertz CT molecular complexity index is 570. The first-order chi connectivity index (χ1) is 9.69. The lowest BCUT2D eigenvalue weighted by Crippen LogP contribution is -2.22. The predicted octanol–water partition coefficient (Wildman–Crippen LogP) is 2.80. The third-order valence-electron chi connectivity index (χ3n) is 3.15. The van der Waals surface area contributed by atoms with Crippen molar-refractivity contribution in [2.45, 2.75) is 20.0 Å². The van der Waals surface area contributed by atoms with Crippen LogP contribution in [-0.4, -0.2) is 27.5 Å². The van der Waals surface area contributed by atoms with Crippen LogP contribution in [0.3, 0.4) is 0 Å². The summed E-state index contributed by atoms with van der Waals surface area (Å²) >= 11 is 0.